The van der Waals surface area contributed by atoms with Crippen LogP contribution < -0.4 is 5.32 Å². The lowest BCUT2D eigenvalue weighted by atomic mass is 10.0. The lowest BCUT2D eigenvalue weighted by Gasteiger charge is -2.21. The summed E-state index contributed by atoms with van der Waals surface area (Å²) in [5, 5.41) is 3.71. The van der Waals surface area contributed by atoms with Gasteiger partial charge in [0.25, 0.3) is 5.91 Å². The lowest BCUT2D eigenvalue weighted by molar-refractivity contribution is 0.0952. The summed E-state index contributed by atoms with van der Waals surface area (Å²) in [6, 6.07) is 19.4. The minimum absolute atomic E-state index is 0.142. The average Bonchev–Trinajstić information content (AvgIpc) is 2.86. The number of sulfonamides is 1. The molecule has 4 aromatic rings. The number of aromatic nitrogens is 2. The van der Waals surface area contributed by atoms with E-state index in [0.29, 0.717) is 11.3 Å². The molecule has 34 heavy (non-hydrogen) atoms. The minimum Gasteiger partial charge on any atom is -0.348 e. The first-order chi connectivity index (χ1) is 16.3. The molecule has 0 atom stereocenters. The van der Waals surface area contributed by atoms with Crippen LogP contribution in [0.1, 0.15) is 29.8 Å². The number of nitrogens with one attached hydrogen (secondary N) is 1. The Morgan fingerprint density at radius 1 is 1.00 bits per heavy atom. The molecule has 0 unspecified atom stereocenters. The SMILES string of the molecule is CC(C)N(C)S(=O)(=O)c1ccc(CNC(=O)c2cc(-c3ccncc3)nc3ccccc23)cc1. The molecule has 1 amide bonds. The number of amides is 1. The zero-order valence-corrected chi connectivity index (χ0v) is 20.1. The highest BCUT2D eigenvalue weighted by molar-refractivity contribution is 7.89. The van der Waals surface area contributed by atoms with Crippen molar-refractivity contribution >= 4 is 26.8 Å². The first-order valence-corrected chi connectivity index (χ1v) is 12.4. The Kier molecular flexibility index (Phi) is 6.72. The quantitative estimate of drug-likeness (QED) is 0.432. The molecule has 2 aromatic heterocycles. The fourth-order valence-electron chi connectivity index (χ4n) is 3.53. The molecular formula is C26H26N4O3S. The molecule has 2 aromatic carbocycles. The van der Waals surface area contributed by atoms with E-state index in [4.69, 9.17) is 4.98 Å². The lowest BCUT2D eigenvalue weighted by Crippen LogP contribution is -2.33. The smallest absolute Gasteiger partial charge is 0.252 e. The summed E-state index contributed by atoms with van der Waals surface area (Å²) in [7, 11) is -1.99. The van der Waals surface area contributed by atoms with Gasteiger partial charge in [0.05, 0.1) is 21.7 Å². The van der Waals surface area contributed by atoms with Gasteiger partial charge in [0, 0.05) is 43.0 Å². The number of rotatable bonds is 7. The van der Waals surface area contributed by atoms with Crippen LogP contribution in [-0.2, 0) is 16.6 Å². The molecule has 0 saturated heterocycles. The van der Waals surface area contributed by atoms with Gasteiger partial charge in [-0.05, 0) is 55.8 Å². The third-order valence-corrected chi connectivity index (χ3v) is 7.77. The number of para-hydroxylation sites is 1. The number of carbonyl (C=O) groups excluding carboxylic acids is 1. The maximum Gasteiger partial charge on any atom is 0.252 e. The van der Waals surface area contributed by atoms with Gasteiger partial charge in [-0.1, -0.05) is 30.3 Å². The van der Waals surface area contributed by atoms with Gasteiger partial charge in [0.2, 0.25) is 10.0 Å². The van der Waals surface area contributed by atoms with E-state index >= 15 is 0 Å². The molecule has 0 aliphatic heterocycles. The Balaban J connectivity index is 1.56. The predicted molar refractivity (Wildman–Crippen MR) is 133 cm³/mol. The Morgan fingerprint density at radius 2 is 1.68 bits per heavy atom. The predicted octanol–water partition coefficient (Wildman–Crippen LogP) is 4.26. The first kappa shape index (κ1) is 23.5. The van der Waals surface area contributed by atoms with Gasteiger partial charge in [-0.25, -0.2) is 13.4 Å². The van der Waals surface area contributed by atoms with Gasteiger partial charge in [-0.3, -0.25) is 9.78 Å². The van der Waals surface area contributed by atoms with Crippen LogP contribution >= 0.6 is 0 Å². The number of hydrogen-bond donors (Lipinski definition) is 1. The summed E-state index contributed by atoms with van der Waals surface area (Å²) in [4.78, 5) is 22.1. The van der Waals surface area contributed by atoms with Crippen molar-refractivity contribution in [3.05, 3.63) is 90.3 Å². The zero-order chi connectivity index (χ0) is 24.3. The molecule has 7 nitrogen and oxygen atoms in total. The van der Waals surface area contributed by atoms with Gasteiger partial charge < -0.3 is 5.32 Å². The summed E-state index contributed by atoms with van der Waals surface area (Å²) < 4.78 is 26.6. The van der Waals surface area contributed by atoms with Gasteiger partial charge >= 0.3 is 0 Å². The molecule has 0 aliphatic rings. The average molecular weight is 475 g/mol. The fraction of sp³-hybridized carbons (Fsp3) is 0.192. The number of nitrogens with zero attached hydrogens (tertiary/aromatic N) is 3. The standard InChI is InChI=1S/C26H26N4O3S/c1-18(2)30(3)34(32,33)21-10-8-19(9-11-21)17-28-26(31)23-16-25(20-12-14-27-15-13-20)29-24-7-5-4-6-22(23)24/h4-16,18H,17H2,1-3H3,(H,28,31). The highest BCUT2D eigenvalue weighted by Gasteiger charge is 2.22. The van der Waals surface area contributed by atoms with E-state index in [2.05, 4.69) is 10.3 Å². The van der Waals surface area contributed by atoms with Crippen LogP contribution in [0.4, 0.5) is 0 Å². The number of fused-ring (bicyclic) bond motifs is 1. The van der Waals surface area contributed by atoms with Crippen molar-refractivity contribution in [3.63, 3.8) is 0 Å². The molecular weight excluding hydrogens is 448 g/mol. The van der Waals surface area contributed by atoms with Crippen molar-refractivity contribution in [1.29, 1.82) is 0 Å². The first-order valence-electron chi connectivity index (χ1n) is 10.9. The normalized spacial score (nSPS) is 11.8. The molecule has 1 N–H and O–H groups in total. The Hall–Kier alpha value is -3.62. The summed E-state index contributed by atoms with van der Waals surface area (Å²) in [5.74, 6) is -0.231. The summed E-state index contributed by atoms with van der Waals surface area (Å²) in [5.41, 5.74) is 3.61. The molecule has 0 fully saturated rings. The van der Waals surface area contributed by atoms with E-state index in [9.17, 15) is 13.2 Å². The molecule has 2 heterocycles. The number of benzene rings is 2. The van der Waals surface area contributed by atoms with E-state index in [-0.39, 0.29) is 23.4 Å². The van der Waals surface area contributed by atoms with Crippen molar-refractivity contribution in [2.24, 2.45) is 0 Å². The molecule has 0 aliphatic carbocycles. The Bertz CT molecular complexity index is 1420. The third kappa shape index (κ3) is 4.83. The van der Waals surface area contributed by atoms with E-state index < -0.39 is 10.0 Å². The third-order valence-electron chi connectivity index (χ3n) is 5.72. The second-order valence-corrected chi connectivity index (χ2v) is 10.2. The Labute approximate surface area is 199 Å². The van der Waals surface area contributed by atoms with Crippen molar-refractivity contribution < 1.29 is 13.2 Å². The maximum atomic E-state index is 13.2. The van der Waals surface area contributed by atoms with Crippen molar-refractivity contribution in [1.82, 2.24) is 19.6 Å². The van der Waals surface area contributed by atoms with Gasteiger partial charge in [-0.2, -0.15) is 4.31 Å². The molecule has 4 rings (SSSR count). The van der Waals surface area contributed by atoms with Crippen molar-refractivity contribution in [3.8, 4) is 11.3 Å². The van der Waals surface area contributed by atoms with Gasteiger partial charge in [-0.15, -0.1) is 0 Å². The minimum atomic E-state index is -3.55. The van der Waals surface area contributed by atoms with Gasteiger partial charge in [0.15, 0.2) is 0 Å². The second kappa shape index (κ2) is 9.70. The van der Waals surface area contributed by atoms with E-state index in [0.717, 1.165) is 22.0 Å². The van der Waals surface area contributed by atoms with Crippen LogP contribution in [0.25, 0.3) is 22.2 Å². The molecule has 0 spiro atoms. The fourth-order valence-corrected chi connectivity index (χ4v) is 4.90. The maximum absolute atomic E-state index is 13.2. The summed E-state index contributed by atoms with van der Waals surface area (Å²) >= 11 is 0. The van der Waals surface area contributed by atoms with E-state index in [1.165, 1.54) is 4.31 Å². The molecule has 0 bridgehead atoms. The molecule has 174 valence electrons. The summed E-state index contributed by atoms with van der Waals surface area (Å²) in [6.45, 7) is 3.91. The van der Waals surface area contributed by atoms with E-state index in [1.54, 1.807) is 49.8 Å². The Morgan fingerprint density at radius 3 is 2.35 bits per heavy atom. The van der Waals surface area contributed by atoms with Crippen LogP contribution in [0.15, 0.2) is 84.0 Å². The zero-order valence-electron chi connectivity index (χ0n) is 19.3. The molecule has 0 saturated carbocycles. The topological polar surface area (TPSA) is 92.3 Å². The van der Waals surface area contributed by atoms with Crippen LogP contribution in [0.2, 0.25) is 0 Å². The van der Waals surface area contributed by atoms with E-state index in [1.807, 2.05) is 50.2 Å². The van der Waals surface area contributed by atoms with Crippen molar-refractivity contribution in [2.75, 3.05) is 7.05 Å². The van der Waals surface area contributed by atoms with Crippen LogP contribution in [0.5, 0.6) is 0 Å². The largest absolute Gasteiger partial charge is 0.348 e. The second-order valence-electron chi connectivity index (χ2n) is 8.25. The van der Waals surface area contributed by atoms with Crippen LogP contribution in [0, 0.1) is 0 Å². The molecule has 0 radical (unpaired) electrons. The highest BCUT2D eigenvalue weighted by Crippen LogP contribution is 2.25. The van der Waals surface area contributed by atoms with Crippen LogP contribution in [0.3, 0.4) is 0 Å². The number of carbonyl (C=O) groups is 1. The van der Waals surface area contributed by atoms with Gasteiger partial charge in [0.1, 0.15) is 0 Å². The monoisotopic (exact) mass is 474 g/mol. The van der Waals surface area contributed by atoms with Crippen molar-refractivity contribution in [2.45, 2.75) is 31.3 Å². The molecule has 8 heteroatoms. The number of pyridine rings is 2. The highest BCUT2D eigenvalue weighted by atomic mass is 32.2. The summed E-state index contributed by atoms with van der Waals surface area (Å²) in [6.07, 6.45) is 3.38. The van der Waals surface area contributed by atoms with Crippen LogP contribution in [-0.4, -0.2) is 41.7 Å². The number of hydrogen-bond acceptors (Lipinski definition) is 5.